The number of benzene rings is 1. The summed E-state index contributed by atoms with van der Waals surface area (Å²) in [6.45, 7) is 3.23. The molecular weight excluding hydrogens is 272 g/mol. The van der Waals surface area contributed by atoms with Crippen LogP contribution < -0.4 is 5.32 Å². The van der Waals surface area contributed by atoms with E-state index < -0.39 is 0 Å². The topological polar surface area (TPSA) is 51.2 Å². The molecule has 1 aromatic heterocycles. The summed E-state index contributed by atoms with van der Waals surface area (Å²) in [6, 6.07) is 6.22. The maximum absolute atomic E-state index is 11.2. The summed E-state index contributed by atoms with van der Waals surface area (Å²) >= 11 is 1.65. The van der Waals surface area contributed by atoms with Crippen LogP contribution in [-0.2, 0) is 9.53 Å². The monoisotopic (exact) mass is 292 g/mol. The second-order valence-electron chi connectivity index (χ2n) is 4.58. The minimum absolute atomic E-state index is 0.0869. The zero-order chi connectivity index (χ0) is 14.2. The third-order valence-corrected chi connectivity index (χ3v) is 3.82. The Morgan fingerprint density at radius 1 is 1.35 bits per heavy atom. The number of thiazole rings is 1. The minimum Gasteiger partial charge on any atom is -0.466 e. The molecule has 0 spiro atoms. The lowest BCUT2D eigenvalue weighted by atomic mass is 10.2. The molecule has 2 rings (SSSR count). The van der Waals surface area contributed by atoms with E-state index in [1.54, 1.807) is 11.3 Å². The van der Waals surface area contributed by atoms with Crippen LogP contribution in [0.2, 0.25) is 0 Å². The first-order valence-electron chi connectivity index (χ1n) is 7.02. The number of unbranched alkanes of at least 4 members (excludes halogenated alkanes) is 2. The number of anilines is 1. The van der Waals surface area contributed by atoms with Crippen molar-refractivity contribution in [1.82, 2.24) is 4.98 Å². The number of hydrogen-bond donors (Lipinski definition) is 1. The number of ether oxygens (including phenoxy) is 1. The van der Waals surface area contributed by atoms with Gasteiger partial charge in [0.05, 0.1) is 22.3 Å². The van der Waals surface area contributed by atoms with Crippen LogP contribution >= 0.6 is 11.3 Å². The van der Waals surface area contributed by atoms with Crippen molar-refractivity contribution < 1.29 is 9.53 Å². The van der Waals surface area contributed by atoms with Gasteiger partial charge in [-0.15, -0.1) is 11.3 Å². The number of rotatable bonds is 8. The van der Waals surface area contributed by atoms with E-state index in [0.717, 1.165) is 37.0 Å². The van der Waals surface area contributed by atoms with Crippen molar-refractivity contribution in [1.29, 1.82) is 0 Å². The first-order valence-corrected chi connectivity index (χ1v) is 7.90. The predicted molar refractivity (Wildman–Crippen MR) is 83.2 cm³/mol. The molecule has 0 radical (unpaired) electrons. The van der Waals surface area contributed by atoms with Gasteiger partial charge in [0.1, 0.15) is 0 Å². The highest BCUT2D eigenvalue weighted by Gasteiger charge is 2.01. The molecule has 0 saturated carbocycles. The minimum atomic E-state index is -0.0869. The van der Waals surface area contributed by atoms with Gasteiger partial charge in [-0.2, -0.15) is 0 Å². The van der Waals surface area contributed by atoms with Gasteiger partial charge < -0.3 is 10.1 Å². The Labute approximate surface area is 123 Å². The average molecular weight is 292 g/mol. The Bertz CT molecular complexity index is 554. The first-order chi connectivity index (χ1) is 9.79. The number of carbonyl (C=O) groups is 1. The molecule has 2 aromatic rings. The summed E-state index contributed by atoms with van der Waals surface area (Å²) in [4.78, 5) is 15.4. The van der Waals surface area contributed by atoms with Crippen LogP contribution in [0.1, 0.15) is 32.6 Å². The fourth-order valence-electron chi connectivity index (χ4n) is 2.00. The zero-order valence-corrected chi connectivity index (χ0v) is 12.5. The smallest absolute Gasteiger partial charge is 0.305 e. The van der Waals surface area contributed by atoms with Crippen LogP contribution in [-0.4, -0.2) is 24.1 Å². The van der Waals surface area contributed by atoms with E-state index in [4.69, 9.17) is 4.74 Å². The van der Waals surface area contributed by atoms with Crippen molar-refractivity contribution >= 4 is 33.2 Å². The van der Waals surface area contributed by atoms with E-state index in [0.29, 0.717) is 13.0 Å². The number of hydrogen-bond acceptors (Lipinski definition) is 5. The van der Waals surface area contributed by atoms with Crippen molar-refractivity contribution in [2.24, 2.45) is 0 Å². The van der Waals surface area contributed by atoms with Crippen LogP contribution in [0, 0.1) is 0 Å². The van der Waals surface area contributed by atoms with Crippen LogP contribution in [0.5, 0.6) is 0 Å². The Kier molecular flexibility index (Phi) is 5.80. The number of nitrogens with one attached hydrogen (secondary N) is 1. The maximum atomic E-state index is 11.2. The van der Waals surface area contributed by atoms with Crippen LogP contribution in [0.4, 0.5) is 5.69 Å². The van der Waals surface area contributed by atoms with Gasteiger partial charge in [0.15, 0.2) is 0 Å². The molecule has 0 aliphatic heterocycles. The van der Waals surface area contributed by atoms with E-state index in [2.05, 4.69) is 22.4 Å². The van der Waals surface area contributed by atoms with E-state index in [9.17, 15) is 4.79 Å². The highest BCUT2D eigenvalue weighted by Crippen LogP contribution is 2.21. The number of fused-ring (bicyclic) bond motifs is 1. The molecule has 20 heavy (non-hydrogen) atoms. The molecule has 0 aliphatic rings. The lowest BCUT2D eigenvalue weighted by Gasteiger charge is -2.06. The van der Waals surface area contributed by atoms with Crippen molar-refractivity contribution in [2.45, 2.75) is 32.6 Å². The molecule has 0 fully saturated rings. The lowest BCUT2D eigenvalue weighted by Crippen LogP contribution is -2.04. The molecule has 1 heterocycles. The maximum Gasteiger partial charge on any atom is 0.305 e. The average Bonchev–Trinajstić information content (AvgIpc) is 2.90. The van der Waals surface area contributed by atoms with Gasteiger partial charge in [-0.25, -0.2) is 4.98 Å². The first kappa shape index (κ1) is 14.8. The summed E-state index contributed by atoms with van der Waals surface area (Å²) in [5, 5.41) is 3.40. The third-order valence-electron chi connectivity index (χ3n) is 3.02. The van der Waals surface area contributed by atoms with Gasteiger partial charge in [-0.3, -0.25) is 4.79 Å². The van der Waals surface area contributed by atoms with Gasteiger partial charge >= 0.3 is 5.97 Å². The summed E-state index contributed by atoms with van der Waals surface area (Å²) in [7, 11) is 0. The molecule has 1 N–H and O–H groups in total. The number of nitrogens with zero attached hydrogens (tertiary/aromatic N) is 1. The molecular formula is C15H20N2O2S. The molecule has 0 unspecified atom stereocenters. The van der Waals surface area contributed by atoms with Crippen LogP contribution in [0.3, 0.4) is 0 Å². The molecule has 0 saturated heterocycles. The highest BCUT2D eigenvalue weighted by molar-refractivity contribution is 7.16. The van der Waals surface area contributed by atoms with E-state index in [1.807, 2.05) is 18.5 Å². The molecule has 108 valence electrons. The van der Waals surface area contributed by atoms with Gasteiger partial charge in [0.2, 0.25) is 0 Å². The fourth-order valence-corrected chi connectivity index (χ4v) is 2.72. The molecule has 5 heteroatoms. The standard InChI is InChI=1S/C15H20N2O2S/c1-2-19-15(18)6-4-3-5-9-16-12-7-8-13-14(10-12)20-11-17-13/h7-8,10-11,16H,2-6,9H2,1H3. The van der Waals surface area contributed by atoms with Crippen LogP contribution in [0.15, 0.2) is 23.7 Å². The van der Waals surface area contributed by atoms with E-state index in [1.165, 1.54) is 4.70 Å². The van der Waals surface area contributed by atoms with Crippen molar-refractivity contribution in [3.05, 3.63) is 23.7 Å². The molecule has 0 bridgehead atoms. The third kappa shape index (κ3) is 4.49. The largest absolute Gasteiger partial charge is 0.466 e. The summed E-state index contributed by atoms with van der Waals surface area (Å²) in [5.41, 5.74) is 4.05. The normalized spacial score (nSPS) is 10.7. The SMILES string of the molecule is CCOC(=O)CCCCCNc1ccc2ncsc2c1. The number of aromatic nitrogens is 1. The van der Waals surface area contributed by atoms with Gasteiger partial charge in [0.25, 0.3) is 0 Å². The fraction of sp³-hybridized carbons (Fsp3) is 0.467. The Balaban J connectivity index is 1.62. The number of esters is 1. The second-order valence-corrected chi connectivity index (χ2v) is 5.46. The summed E-state index contributed by atoms with van der Waals surface area (Å²) in [6.07, 6.45) is 3.52. The predicted octanol–water partition coefficient (Wildman–Crippen LogP) is 3.83. The van der Waals surface area contributed by atoms with Crippen molar-refractivity contribution in [2.75, 3.05) is 18.5 Å². The Morgan fingerprint density at radius 3 is 3.10 bits per heavy atom. The molecule has 4 nitrogen and oxygen atoms in total. The lowest BCUT2D eigenvalue weighted by molar-refractivity contribution is -0.143. The van der Waals surface area contributed by atoms with E-state index >= 15 is 0 Å². The zero-order valence-electron chi connectivity index (χ0n) is 11.7. The highest BCUT2D eigenvalue weighted by atomic mass is 32.1. The summed E-state index contributed by atoms with van der Waals surface area (Å²) in [5.74, 6) is -0.0869. The van der Waals surface area contributed by atoms with Gasteiger partial charge in [-0.05, 0) is 38.0 Å². The molecule has 0 aliphatic carbocycles. The molecule has 0 amide bonds. The van der Waals surface area contributed by atoms with E-state index in [-0.39, 0.29) is 5.97 Å². The molecule has 1 aromatic carbocycles. The van der Waals surface area contributed by atoms with Crippen molar-refractivity contribution in [3.8, 4) is 0 Å². The van der Waals surface area contributed by atoms with Crippen LogP contribution in [0.25, 0.3) is 10.2 Å². The Hall–Kier alpha value is -1.62. The molecule has 0 atom stereocenters. The van der Waals surface area contributed by atoms with Gasteiger partial charge in [-0.1, -0.05) is 6.42 Å². The van der Waals surface area contributed by atoms with Gasteiger partial charge in [0, 0.05) is 18.7 Å². The Morgan fingerprint density at radius 2 is 2.25 bits per heavy atom. The quantitative estimate of drug-likeness (QED) is 0.593. The summed E-state index contributed by atoms with van der Waals surface area (Å²) < 4.78 is 6.10. The second kappa shape index (κ2) is 7.85. The number of carbonyl (C=O) groups excluding carboxylic acids is 1. The van der Waals surface area contributed by atoms with Crippen molar-refractivity contribution in [3.63, 3.8) is 0 Å².